The quantitative estimate of drug-likeness (QED) is 0.585. The number of nitrogens with one attached hydrogen (secondary N) is 1. The first-order valence-corrected chi connectivity index (χ1v) is 9.12. The van der Waals surface area contributed by atoms with Gasteiger partial charge in [0.05, 0.1) is 29.8 Å². The van der Waals surface area contributed by atoms with E-state index in [0.29, 0.717) is 47.3 Å². The molecule has 11 nitrogen and oxygen atoms in total. The fourth-order valence-electron chi connectivity index (χ4n) is 3.65. The van der Waals surface area contributed by atoms with Crippen LogP contribution in [-0.4, -0.2) is 37.9 Å². The number of hydrogen-bond donors (Lipinski definition) is 2. The molecule has 2 aliphatic heterocycles. The zero-order valence-electron chi connectivity index (χ0n) is 15.9. The van der Waals surface area contributed by atoms with Crippen LogP contribution < -0.4 is 31.8 Å². The van der Waals surface area contributed by atoms with Crippen molar-refractivity contribution in [2.24, 2.45) is 24.8 Å². The SMILES string of the molecule is Cn1cc([C@H]2N=C(N)Nc3nc4cc5c(cc4n32)OCCCO5)c(=O)n(C)c1=O. The van der Waals surface area contributed by atoms with Crippen LogP contribution in [0.3, 0.4) is 0 Å². The van der Waals surface area contributed by atoms with Gasteiger partial charge in [0, 0.05) is 38.8 Å². The van der Waals surface area contributed by atoms with Crippen molar-refractivity contribution in [1.29, 1.82) is 0 Å². The van der Waals surface area contributed by atoms with Crippen LogP contribution in [0, 0.1) is 0 Å². The molecule has 3 N–H and O–H groups in total. The average Bonchev–Trinajstić information content (AvgIpc) is 2.88. The second-order valence-corrected chi connectivity index (χ2v) is 7.00. The number of fused-ring (bicyclic) bond motifs is 4. The number of aromatic nitrogens is 4. The first kappa shape index (κ1) is 17.3. The Morgan fingerprint density at radius 3 is 2.66 bits per heavy atom. The fraction of sp³-hybridized carbons (Fsp3) is 0.333. The second kappa shape index (κ2) is 6.12. The number of nitrogens with zero attached hydrogens (tertiary/aromatic N) is 5. The molecule has 0 bridgehead atoms. The minimum atomic E-state index is -0.786. The number of aliphatic imine (C=N–C) groups is 1. The summed E-state index contributed by atoms with van der Waals surface area (Å²) in [6, 6.07) is 3.62. The zero-order valence-corrected chi connectivity index (χ0v) is 15.9. The van der Waals surface area contributed by atoms with E-state index in [0.717, 1.165) is 11.0 Å². The maximum atomic E-state index is 12.8. The molecule has 29 heavy (non-hydrogen) atoms. The summed E-state index contributed by atoms with van der Waals surface area (Å²) in [4.78, 5) is 33.9. The lowest BCUT2D eigenvalue weighted by Gasteiger charge is -2.24. The monoisotopic (exact) mass is 397 g/mol. The summed E-state index contributed by atoms with van der Waals surface area (Å²) in [7, 11) is 3.01. The number of ether oxygens (including phenoxy) is 2. The van der Waals surface area contributed by atoms with Crippen LogP contribution in [0.15, 0.2) is 32.9 Å². The van der Waals surface area contributed by atoms with E-state index in [2.05, 4.69) is 15.3 Å². The Balaban J connectivity index is 1.77. The van der Waals surface area contributed by atoms with Gasteiger partial charge in [0.25, 0.3) is 5.56 Å². The molecule has 11 heteroatoms. The normalized spacial score (nSPS) is 18.0. The van der Waals surface area contributed by atoms with Gasteiger partial charge in [-0.1, -0.05) is 0 Å². The third-order valence-corrected chi connectivity index (χ3v) is 5.06. The van der Waals surface area contributed by atoms with E-state index in [-0.39, 0.29) is 5.96 Å². The smallest absolute Gasteiger partial charge is 0.330 e. The molecule has 0 unspecified atom stereocenters. The van der Waals surface area contributed by atoms with Gasteiger partial charge >= 0.3 is 5.69 Å². The molecule has 0 saturated heterocycles. The van der Waals surface area contributed by atoms with Gasteiger partial charge in [0.15, 0.2) is 23.6 Å². The van der Waals surface area contributed by atoms with Crippen molar-refractivity contribution in [2.75, 3.05) is 18.5 Å². The number of anilines is 1. The highest BCUT2D eigenvalue weighted by atomic mass is 16.5. The van der Waals surface area contributed by atoms with Crippen molar-refractivity contribution >= 4 is 22.9 Å². The Labute approximate surface area is 164 Å². The summed E-state index contributed by atoms with van der Waals surface area (Å²) in [5, 5.41) is 2.93. The second-order valence-electron chi connectivity index (χ2n) is 7.00. The summed E-state index contributed by atoms with van der Waals surface area (Å²) in [6.45, 7) is 1.12. The van der Waals surface area contributed by atoms with E-state index in [1.807, 2.05) is 6.07 Å². The van der Waals surface area contributed by atoms with Crippen LogP contribution in [0.4, 0.5) is 5.95 Å². The van der Waals surface area contributed by atoms with Gasteiger partial charge in [-0.2, -0.15) is 0 Å². The summed E-state index contributed by atoms with van der Waals surface area (Å²) >= 11 is 0. The van der Waals surface area contributed by atoms with Gasteiger partial charge in [0.1, 0.15) is 0 Å². The molecular weight excluding hydrogens is 378 g/mol. The predicted molar refractivity (Wildman–Crippen MR) is 106 cm³/mol. The van der Waals surface area contributed by atoms with Crippen molar-refractivity contribution in [2.45, 2.75) is 12.6 Å². The molecule has 2 aliphatic rings. The summed E-state index contributed by atoms with van der Waals surface area (Å²) in [6.07, 6.45) is 1.48. The van der Waals surface area contributed by atoms with Gasteiger partial charge in [-0.25, -0.2) is 14.8 Å². The van der Waals surface area contributed by atoms with E-state index >= 15 is 0 Å². The Bertz CT molecular complexity index is 1300. The largest absolute Gasteiger partial charge is 0.489 e. The van der Waals surface area contributed by atoms with Crippen molar-refractivity contribution in [1.82, 2.24) is 18.7 Å². The molecule has 2 aromatic heterocycles. The Hall–Kier alpha value is -3.76. The predicted octanol–water partition coefficient (Wildman–Crippen LogP) is -0.118. The minimum absolute atomic E-state index is 0.128. The highest BCUT2D eigenvalue weighted by Crippen LogP contribution is 2.38. The Morgan fingerprint density at radius 2 is 1.90 bits per heavy atom. The summed E-state index contributed by atoms with van der Waals surface area (Å²) in [5.41, 5.74) is 6.74. The fourth-order valence-corrected chi connectivity index (χ4v) is 3.65. The molecular formula is C18H19N7O4. The van der Waals surface area contributed by atoms with Gasteiger partial charge in [-0.15, -0.1) is 0 Å². The Morgan fingerprint density at radius 1 is 1.17 bits per heavy atom. The standard InChI is InChI=1S/C18H19N7O4/c1-23-8-9(15(26)24(2)18(23)27)14-21-16(19)22-17-20-10-6-12-13(7-11(10)25(14)17)29-5-3-4-28-12/h6-8,14H,3-5H2,1-2H3,(H3,19,20,21,22)/t14-/m0/s1. The van der Waals surface area contributed by atoms with Gasteiger partial charge in [-0.05, 0) is 0 Å². The topological polar surface area (TPSA) is 131 Å². The third-order valence-electron chi connectivity index (χ3n) is 5.06. The summed E-state index contributed by atoms with van der Waals surface area (Å²) < 4.78 is 15.7. The van der Waals surface area contributed by atoms with Crippen molar-refractivity contribution in [3.05, 3.63) is 44.7 Å². The number of rotatable bonds is 1. The van der Waals surface area contributed by atoms with Gasteiger partial charge in [-0.3, -0.25) is 19.2 Å². The highest BCUT2D eigenvalue weighted by Gasteiger charge is 2.29. The number of benzene rings is 1. The lowest BCUT2D eigenvalue weighted by atomic mass is 10.2. The number of aryl methyl sites for hydroxylation is 1. The van der Waals surface area contributed by atoms with E-state index < -0.39 is 17.4 Å². The molecule has 1 aromatic carbocycles. The molecule has 3 aromatic rings. The molecule has 150 valence electrons. The number of guanidine groups is 1. The molecule has 4 heterocycles. The molecule has 1 atom stereocenters. The van der Waals surface area contributed by atoms with Crippen LogP contribution in [-0.2, 0) is 14.1 Å². The van der Waals surface area contributed by atoms with Gasteiger partial charge in [0.2, 0.25) is 5.95 Å². The van der Waals surface area contributed by atoms with Crippen molar-refractivity contribution < 1.29 is 9.47 Å². The van der Waals surface area contributed by atoms with Crippen molar-refractivity contribution in [3.63, 3.8) is 0 Å². The molecule has 0 aliphatic carbocycles. The van der Waals surface area contributed by atoms with E-state index in [1.165, 1.54) is 17.8 Å². The van der Waals surface area contributed by atoms with Gasteiger partial charge < -0.3 is 19.8 Å². The van der Waals surface area contributed by atoms with Crippen LogP contribution in [0.2, 0.25) is 0 Å². The highest BCUT2D eigenvalue weighted by molar-refractivity contribution is 5.95. The first-order chi connectivity index (χ1) is 13.9. The number of imidazole rings is 1. The lowest BCUT2D eigenvalue weighted by Crippen LogP contribution is -2.41. The minimum Gasteiger partial charge on any atom is -0.489 e. The van der Waals surface area contributed by atoms with Crippen LogP contribution in [0.1, 0.15) is 18.2 Å². The maximum Gasteiger partial charge on any atom is 0.330 e. The Kier molecular flexibility index (Phi) is 3.66. The molecule has 0 saturated carbocycles. The van der Waals surface area contributed by atoms with E-state index in [9.17, 15) is 9.59 Å². The van der Waals surface area contributed by atoms with Crippen LogP contribution in [0.25, 0.3) is 11.0 Å². The molecule has 0 amide bonds. The number of nitrogens with two attached hydrogens (primary N) is 1. The zero-order chi connectivity index (χ0) is 20.3. The average molecular weight is 397 g/mol. The molecule has 5 rings (SSSR count). The number of hydrogen-bond acceptors (Lipinski definition) is 8. The molecule has 0 radical (unpaired) electrons. The maximum absolute atomic E-state index is 12.8. The van der Waals surface area contributed by atoms with E-state index in [1.54, 1.807) is 17.7 Å². The van der Waals surface area contributed by atoms with Crippen molar-refractivity contribution in [3.8, 4) is 11.5 Å². The van der Waals surface area contributed by atoms with Crippen LogP contribution >= 0.6 is 0 Å². The van der Waals surface area contributed by atoms with Crippen LogP contribution in [0.5, 0.6) is 11.5 Å². The first-order valence-electron chi connectivity index (χ1n) is 9.12. The molecule has 0 fully saturated rings. The molecule has 0 spiro atoms. The van der Waals surface area contributed by atoms with E-state index in [4.69, 9.17) is 15.2 Å². The third kappa shape index (κ3) is 2.57. The summed E-state index contributed by atoms with van der Waals surface area (Å²) in [5.74, 6) is 1.79. The lowest BCUT2D eigenvalue weighted by molar-refractivity contribution is 0.297.